The van der Waals surface area contributed by atoms with Crippen LogP contribution < -0.4 is 11.1 Å². The number of hydrogen-bond acceptors (Lipinski definition) is 3. The zero-order valence-electron chi connectivity index (χ0n) is 9.93. The lowest BCUT2D eigenvalue weighted by atomic mass is 9.95. The van der Waals surface area contributed by atoms with Gasteiger partial charge in [0, 0.05) is 6.04 Å². The van der Waals surface area contributed by atoms with Crippen LogP contribution in [0.3, 0.4) is 0 Å². The van der Waals surface area contributed by atoms with Crippen molar-refractivity contribution in [2.75, 3.05) is 11.1 Å². The number of nitrogens with one attached hydrogen (secondary N) is 1. The molecule has 1 fully saturated rings. The number of hydrogen-bond donors (Lipinski definition) is 2. The summed E-state index contributed by atoms with van der Waals surface area (Å²) in [5.41, 5.74) is 5.35. The minimum absolute atomic E-state index is 0.213. The molecule has 1 aliphatic carbocycles. The van der Waals surface area contributed by atoms with E-state index in [9.17, 15) is 13.2 Å². The van der Waals surface area contributed by atoms with Gasteiger partial charge in [0.05, 0.1) is 17.6 Å². The summed E-state index contributed by atoms with van der Waals surface area (Å²) in [5.74, 6) is 0. The van der Waals surface area contributed by atoms with Crippen LogP contribution in [0.2, 0.25) is 0 Å². The van der Waals surface area contributed by atoms with E-state index in [0.29, 0.717) is 5.69 Å². The van der Waals surface area contributed by atoms with E-state index in [1.807, 2.05) is 0 Å². The molecule has 3 nitrogen and oxygen atoms in total. The Labute approximate surface area is 104 Å². The third kappa shape index (κ3) is 3.05. The Kier molecular flexibility index (Phi) is 3.63. The molecule has 1 saturated carbocycles. The van der Waals surface area contributed by atoms with Crippen LogP contribution in [0.25, 0.3) is 0 Å². The van der Waals surface area contributed by atoms with Crippen molar-refractivity contribution in [3.63, 3.8) is 0 Å². The summed E-state index contributed by atoms with van der Waals surface area (Å²) in [5, 5.41) is 3.10. The maximum Gasteiger partial charge on any atom is 0.433 e. The molecule has 100 valence electrons. The van der Waals surface area contributed by atoms with Crippen molar-refractivity contribution < 1.29 is 13.2 Å². The molecular formula is C12H16F3N3. The second-order valence-electron chi connectivity index (χ2n) is 4.63. The largest absolute Gasteiger partial charge is 0.433 e. The summed E-state index contributed by atoms with van der Waals surface area (Å²) in [6.45, 7) is 0. The van der Waals surface area contributed by atoms with Crippen molar-refractivity contribution in [1.82, 2.24) is 4.98 Å². The van der Waals surface area contributed by atoms with Crippen molar-refractivity contribution in [2.24, 2.45) is 0 Å². The van der Waals surface area contributed by atoms with Crippen LogP contribution in [0.5, 0.6) is 0 Å². The third-order valence-electron chi connectivity index (χ3n) is 3.19. The molecule has 0 aliphatic heterocycles. The normalized spacial score (nSPS) is 17.7. The highest BCUT2D eigenvalue weighted by Crippen LogP contribution is 2.32. The lowest BCUT2D eigenvalue weighted by molar-refractivity contribution is -0.141. The molecule has 2 rings (SSSR count). The number of nitrogens with zero attached hydrogens (tertiary/aromatic N) is 1. The fourth-order valence-corrected chi connectivity index (χ4v) is 2.21. The average molecular weight is 259 g/mol. The number of halogens is 3. The first-order valence-electron chi connectivity index (χ1n) is 6.06. The van der Waals surface area contributed by atoms with Crippen LogP contribution in [0.1, 0.15) is 37.8 Å². The highest BCUT2D eigenvalue weighted by atomic mass is 19.4. The van der Waals surface area contributed by atoms with E-state index in [0.717, 1.165) is 37.9 Å². The molecular weight excluding hydrogens is 243 g/mol. The van der Waals surface area contributed by atoms with Crippen LogP contribution in [0, 0.1) is 0 Å². The molecule has 0 atom stereocenters. The predicted octanol–water partition coefficient (Wildman–Crippen LogP) is 3.43. The number of alkyl halides is 3. The summed E-state index contributed by atoms with van der Waals surface area (Å²) < 4.78 is 37.6. The first-order chi connectivity index (χ1) is 8.47. The Hall–Kier alpha value is -1.46. The molecule has 0 spiro atoms. The maximum absolute atomic E-state index is 12.5. The summed E-state index contributed by atoms with van der Waals surface area (Å²) in [6.07, 6.45) is 1.98. The fraction of sp³-hybridized carbons (Fsp3) is 0.583. The van der Waals surface area contributed by atoms with E-state index >= 15 is 0 Å². The number of rotatable bonds is 2. The van der Waals surface area contributed by atoms with Gasteiger partial charge >= 0.3 is 6.18 Å². The van der Waals surface area contributed by atoms with Gasteiger partial charge in [0.25, 0.3) is 0 Å². The van der Waals surface area contributed by atoms with Gasteiger partial charge in [-0.25, -0.2) is 4.98 Å². The lowest BCUT2D eigenvalue weighted by Gasteiger charge is -2.24. The van der Waals surface area contributed by atoms with E-state index in [1.54, 1.807) is 0 Å². The Morgan fingerprint density at radius 3 is 2.50 bits per heavy atom. The van der Waals surface area contributed by atoms with Crippen molar-refractivity contribution in [2.45, 2.75) is 44.3 Å². The van der Waals surface area contributed by atoms with E-state index in [1.165, 1.54) is 6.42 Å². The number of nitrogen functional groups attached to an aromatic ring is 1. The number of nitrogens with two attached hydrogens (primary N) is 1. The van der Waals surface area contributed by atoms with Crippen molar-refractivity contribution in [1.29, 1.82) is 0 Å². The molecule has 1 aromatic rings. The summed E-state index contributed by atoms with van der Waals surface area (Å²) in [6, 6.07) is 1.20. The van der Waals surface area contributed by atoms with Gasteiger partial charge in [-0.15, -0.1) is 0 Å². The second-order valence-corrected chi connectivity index (χ2v) is 4.63. The lowest BCUT2D eigenvalue weighted by Crippen LogP contribution is -2.23. The molecule has 0 amide bonds. The van der Waals surface area contributed by atoms with Gasteiger partial charge in [0.1, 0.15) is 5.69 Å². The third-order valence-corrected chi connectivity index (χ3v) is 3.19. The molecule has 0 aromatic carbocycles. The number of anilines is 2. The van der Waals surface area contributed by atoms with Gasteiger partial charge in [0.15, 0.2) is 0 Å². The van der Waals surface area contributed by atoms with Gasteiger partial charge in [-0.1, -0.05) is 19.3 Å². The van der Waals surface area contributed by atoms with Crippen molar-refractivity contribution >= 4 is 11.4 Å². The molecule has 0 radical (unpaired) electrons. The van der Waals surface area contributed by atoms with E-state index < -0.39 is 11.9 Å². The predicted molar refractivity (Wildman–Crippen MR) is 64.1 cm³/mol. The van der Waals surface area contributed by atoms with Gasteiger partial charge in [-0.3, -0.25) is 0 Å². The summed E-state index contributed by atoms with van der Waals surface area (Å²) in [4.78, 5) is 3.31. The molecule has 0 unspecified atom stereocenters. The quantitative estimate of drug-likeness (QED) is 0.855. The average Bonchev–Trinajstić information content (AvgIpc) is 2.32. The Morgan fingerprint density at radius 2 is 1.89 bits per heavy atom. The Bertz CT molecular complexity index is 412. The SMILES string of the molecule is Nc1cnc(C(F)(F)F)cc1NC1CCCCC1. The molecule has 18 heavy (non-hydrogen) atoms. The monoisotopic (exact) mass is 259 g/mol. The van der Waals surface area contributed by atoms with Crippen molar-refractivity contribution in [3.05, 3.63) is 18.0 Å². The van der Waals surface area contributed by atoms with Crippen LogP contribution >= 0.6 is 0 Å². The van der Waals surface area contributed by atoms with Crippen LogP contribution in [0.15, 0.2) is 12.3 Å². The fourth-order valence-electron chi connectivity index (χ4n) is 2.21. The minimum atomic E-state index is -4.43. The molecule has 0 bridgehead atoms. The van der Waals surface area contributed by atoms with Crippen molar-refractivity contribution in [3.8, 4) is 0 Å². The number of pyridine rings is 1. The first-order valence-corrected chi connectivity index (χ1v) is 6.06. The van der Waals surface area contributed by atoms with Crippen LogP contribution in [-0.2, 0) is 6.18 Å². The molecule has 1 heterocycles. The highest BCUT2D eigenvalue weighted by molar-refractivity contribution is 5.65. The topological polar surface area (TPSA) is 50.9 Å². The van der Waals surface area contributed by atoms with Crippen LogP contribution in [0.4, 0.5) is 24.5 Å². The zero-order valence-corrected chi connectivity index (χ0v) is 9.93. The van der Waals surface area contributed by atoms with E-state index in [2.05, 4.69) is 10.3 Å². The van der Waals surface area contributed by atoms with Gasteiger partial charge in [0.2, 0.25) is 0 Å². The Morgan fingerprint density at radius 1 is 1.22 bits per heavy atom. The molecule has 3 N–H and O–H groups in total. The molecule has 0 saturated heterocycles. The van der Waals surface area contributed by atoms with Gasteiger partial charge in [-0.05, 0) is 18.9 Å². The Balaban J connectivity index is 2.15. The van der Waals surface area contributed by atoms with E-state index in [4.69, 9.17) is 5.73 Å². The minimum Gasteiger partial charge on any atom is -0.396 e. The standard InChI is InChI=1S/C12H16F3N3/c13-12(14,15)11-6-10(9(16)7-17-11)18-8-4-2-1-3-5-8/h6-8H,1-5,16H2,(H,17,18). The smallest absolute Gasteiger partial charge is 0.396 e. The maximum atomic E-state index is 12.5. The van der Waals surface area contributed by atoms with Gasteiger partial charge < -0.3 is 11.1 Å². The molecule has 1 aliphatic rings. The first kappa shape index (κ1) is 13.0. The summed E-state index contributed by atoms with van der Waals surface area (Å²) in [7, 11) is 0. The van der Waals surface area contributed by atoms with Crippen LogP contribution in [-0.4, -0.2) is 11.0 Å². The van der Waals surface area contributed by atoms with E-state index in [-0.39, 0.29) is 11.7 Å². The number of aromatic nitrogens is 1. The second kappa shape index (κ2) is 5.04. The zero-order chi connectivity index (χ0) is 13.2. The van der Waals surface area contributed by atoms with Gasteiger partial charge in [-0.2, -0.15) is 13.2 Å². The highest BCUT2D eigenvalue weighted by Gasteiger charge is 2.33. The molecule has 6 heteroatoms. The molecule has 1 aromatic heterocycles. The summed E-state index contributed by atoms with van der Waals surface area (Å²) >= 11 is 0.